The van der Waals surface area contributed by atoms with E-state index in [4.69, 9.17) is 21.4 Å². The van der Waals surface area contributed by atoms with E-state index in [1.165, 1.54) is 6.07 Å². The minimum atomic E-state index is -0.261. The van der Waals surface area contributed by atoms with Gasteiger partial charge < -0.3 is 4.74 Å². The second kappa shape index (κ2) is 7.41. The molecule has 0 unspecified atom stereocenters. The predicted molar refractivity (Wildman–Crippen MR) is 107 cm³/mol. The van der Waals surface area contributed by atoms with Crippen LogP contribution in [0.4, 0.5) is 10.1 Å². The van der Waals surface area contributed by atoms with Crippen LogP contribution in [0.5, 0.6) is 5.75 Å². The molecule has 3 nitrogen and oxygen atoms in total. The molecule has 0 aliphatic carbocycles. The lowest BCUT2D eigenvalue weighted by molar-refractivity contribution is 0.414. The zero-order chi connectivity index (χ0) is 18.8. The minimum Gasteiger partial charge on any atom is -0.497 e. The SMILES string of the molecule is COc1ccc([C@@H]2CC(c3ccccc3F)=NN2c2ccc(Cl)cc2)cc1. The number of methoxy groups -OCH3 is 1. The molecule has 0 radical (unpaired) electrons. The Balaban J connectivity index is 1.75. The van der Waals surface area contributed by atoms with E-state index in [9.17, 15) is 4.39 Å². The van der Waals surface area contributed by atoms with E-state index in [0.717, 1.165) is 22.7 Å². The van der Waals surface area contributed by atoms with Crippen molar-refractivity contribution in [1.82, 2.24) is 0 Å². The molecule has 0 aromatic heterocycles. The summed E-state index contributed by atoms with van der Waals surface area (Å²) in [7, 11) is 1.64. The molecule has 5 heteroatoms. The van der Waals surface area contributed by atoms with Gasteiger partial charge in [0.15, 0.2) is 0 Å². The summed E-state index contributed by atoms with van der Waals surface area (Å²) in [6.45, 7) is 0. The topological polar surface area (TPSA) is 24.8 Å². The van der Waals surface area contributed by atoms with E-state index in [1.807, 2.05) is 59.6 Å². The summed E-state index contributed by atoms with van der Waals surface area (Å²) < 4.78 is 19.6. The summed E-state index contributed by atoms with van der Waals surface area (Å²) in [5, 5.41) is 7.35. The number of ether oxygens (including phenoxy) is 1. The molecule has 0 bridgehead atoms. The van der Waals surface area contributed by atoms with E-state index >= 15 is 0 Å². The number of hydrazone groups is 1. The van der Waals surface area contributed by atoms with Gasteiger partial charge in [0, 0.05) is 17.0 Å². The first-order valence-electron chi connectivity index (χ1n) is 8.67. The van der Waals surface area contributed by atoms with Crippen molar-refractivity contribution in [3.05, 3.63) is 94.8 Å². The van der Waals surface area contributed by atoms with Crippen LogP contribution in [0.15, 0.2) is 77.9 Å². The molecule has 0 amide bonds. The third-order valence-corrected chi connectivity index (χ3v) is 4.94. The Kier molecular flexibility index (Phi) is 4.82. The molecule has 1 aliphatic rings. The zero-order valence-electron chi connectivity index (χ0n) is 14.8. The molecule has 0 N–H and O–H groups in total. The molecule has 27 heavy (non-hydrogen) atoms. The first kappa shape index (κ1) is 17.6. The molecule has 4 rings (SSSR count). The number of hydrogen-bond acceptors (Lipinski definition) is 3. The third-order valence-electron chi connectivity index (χ3n) is 4.69. The van der Waals surface area contributed by atoms with Gasteiger partial charge in [-0.25, -0.2) is 4.39 Å². The number of benzene rings is 3. The molecule has 3 aromatic rings. The third kappa shape index (κ3) is 3.53. The molecule has 0 fully saturated rings. The van der Waals surface area contributed by atoms with Crippen LogP contribution in [-0.4, -0.2) is 12.8 Å². The van der Waals surface area contributed by atoms with Crippen LogP contribution in [-0.2, 0) is 0 Å². The van der Waals surface area contributed by atoms with Crippen LogP contribution in [0.2, 0.25) is 5.02 Å². The fourth-order valence-electron chi connectivity index (χ4n) is 3.29. The Labute approximate surface area is 162 Å². The van der Waals surface area contributed by atoms with E-state index in [0.29, 0.717) is 17.0 Å². The Morgan fingerprint density at radius 2 is 1.70 bits per heavy atom. The Hall–Kier alpha value is -2.85. The largest absolute Gasteiger partial charge is 0.497 e. The van der Waals surface area contributed by atoms with E-state index in [1.54, 1.807) is 19.2 Å². The molecule has 0 spiro atoms. The van der Waals surface area contributed by atoms with Crippen LogP contribution in [0.3, 0.4) is 0 Å². The van der Waals surface area contributed by atoms with Crippen LogP contribution >= 0.6 is 11.6 Å². The van der Waals surface area contributed by atoms with Gasteiger partial charge in [-0.2, -0.15) is 5.10 Å². The maximum atomic E-state index is 14.3. The van der Waals surface area contributed by atoms with Gasteiger partial charge in [-0.15, -0.1) is 0 Å². The smallest absolute Gasteiger partial charge is 0.132 e. The van der Waals surface area contributed by atoms with Gasteiger partial charge in [0.1, 0.15) is 11.6 Å². The van der Waals surface area contributed by atoms with Gasteiger partial charge in [0.2, 0.25) is 0 Å². The van der Waals surface area contributed by atoms with Crippen LogP contribution in [0.1, 0.15) is 23.6 Å². The molecule has 1 aliphatic heterocycles. The highest BCUT2D eigenvalue weighted by atomic mass is 35.5. The lowest BCUT2D eigenvalue weighted by atomic mass is 9.98. The Morgan fingerprint density at radius 1 is 1.00 bits per heavy atom. The summed E-state index contributed by atoms with van der Waals surface area (Å²) in [6, 6.07) is 22.1. The first-order valence-corrected chi connectivity index (χ1v) is 9.04. The number of nitrogens with zero attached hydrogens (tertiary/aromatic N) is 2. The number of rotatable bonds is 4. The number of hydrogen-bond donors (Lipinski definition) is 0. The molecule has 0 saturated carbocycles. The fraction of sp³-hybridized carbons (Fsp3) is 0.136. The van der Waals surface area contributed by atoms with Crippen molar-refractivity contribution < 1.29 is 9.13 Å². The quantitative estimate of drug-likeness (QED) is 0.567. The van der Waals surface area contributed by atoms with E-state index < -0.39 is 0 Å². The first-order chi connectivity index (χ1) is 13.2. The highest BCUT2D eigenvalue weighted by Crippen LogP contribution is 2.37. The number of anilines is 1. The van der Waals surface area contributed by atoms with Crippen LogP contribution in [0, 0.1) is 5.82 Å². The maximum Gasteiger partial charge on any atom is 0.132 e. The molecule has 3 aromatic carbocycles. The lowest BCUT2D eigenvalue weighted by Gasteiger charge is -2.24. The monoisotopic (exact) mass is 380 g/mol. The highest BCUT2D eigenvalue weighted by molar-refractivity contribution is 6.30. The van der Waals surface area contributed by atoms with E-state index in [2.05, 4.69) is 0 Å². The molecule has 1 heterocycles. The van der Waals surface area contributed by atoms with Gasteiger partial charge in [-0.05, 0) is 48.0 Å². The summed E-state index contributed by atoms with van der Waals surface area (Å²) >= 11 is 6.03. The van der Waals surface area contributed by atoms with Crippen molar-refractivity contribution in [2.45, 2.75) is 12.5 Å². The van der Waals surface area contributed by atoms with Crippen LogP contribution < -0.4 is 9.75 Å². The Morgan fingerprint density at radius 3 is 2.37 bits per heavy atom. The maximum absolute atomic E-state index is 14.3. The molecule has 1 atom stereocenters. The van der Waals surface area contributed by atoms with Crippen LogP contribution in [0.25, 0.3) is 0 Å². The normalized spacial score (nSPS) is 16.3. The van der Waals surface area contributed by atoms with Gasteiger partial charge >= 0.3 is 0 Å². The standard InChI is InChI=1S/C22H18ClFN2O/c1-27-18-12-6-15(7-13-18)22-14-21(19-4-2-3-5-20(19)24)25-26(22)17-10-8-16(23)9-11-17/h2-13,22H,14H2,1H3/t22-/m0/s1. The zero-order valence-corrected chi connectivity index (χ0v) is 15.5. The van der Waals surface area contributed by atoms with Gasteiger partial charge in [0.05, 0.1) is 24.6 Å². The predicted octanol–water partition coefficient (Wildman–Crippen LogP) is 5.84. The van der Waals surface area contributed by atoms with Crippen molar-refractivity contribution >= 4 is 23.0 Å². The van der Waals surface area contributed by atoms with Gasteiger partial charge in [-0.1, -0.05) is 41.9 Å². The summed E-state index contributed by atoms with van der Waals surface area (Å²) in [5.74, 6) is 0.535. The van der Waals surface area contributed by atoms with Crippen molar-refractivity contribution in [2.75, 3.05) is 12.1 Å². The van der Waals surface area contributed by atoms with Crippen molar-refractivity contribution in [3.63, 3.8) is 0 Å². The molecule has 0 saturated heterocycles. The average molecular weight is 381 g/mol. The number of halogens is 2. The Bertz CT molecular complexity index is 970. The second-order valence-corrected chi connectivity index (χ2v) is 6.78. The second-order valence-electron chi connectivity index (χ2n) is 6.34. The fourth-order valence-corrected chi connectivity index (χ4v) is 3.41. The molecule has 136 valence electrons. The summed E-state index contributed by atoms with van der Waals surface area (Å²) in [4.78, 5) is 0. The summed E-state index contributed by atoms with van der Waals surface area (Å²) in [6.07, 6.45) is 0.607. The summed E-state index contributed by atoms with van der Waals surface area (Å²) in [5.41, 5.74) is 3.25. The van der Waals surface area contributed by atoms with Crippen molar-refractivity contribution in [3.8, 4) is 5.75 Å². The minimum absolute atomic E-state index is 0.0355. The molecular formula is C22H18ClFN2O. The van der Waals surface area contributed by atoms with Gasteiger partial charge in [0.25, 0.3) is 0 Å². The molecular weight excluding hydrogens is 363 g/mol. The average Bonchev–Trinajstić information content (AvgIpc) is 3.14. The van der Waals surface area contributed by atoms with Crippen molar-refractivity contribution in [2.24, 2.45) is 5.10 Å². The van der Waals surface area contributed by atoms with Crippen molar-refractivity contribution in [1.29, 1.82) is 0 Å². The van der Waals surface area contributed by atoms with E-state index in [-0.39, 0.29) is 11.9 Å². The highest BCUT2D eigenvalue weighted by Gasteiger charge is 2.30. The lowest BCUT2D eigenvalue weighted by Crippen LogP contribution is -2.18. The van der Waals surface area contributed by atoms with Gasteiger partial charge in [-0.3, -0.25) is 5.01 Å².